The zero-order valence-corrected chi connectivity index (χ0v) is 14.4. The zero-order valence-electron chi connectivity index (χ0n) is 13.6. The van der Waals surface area contributed by atoms with Crippen molar-refractivity contribution in [2.75, 3.05) is 0 Å². The third-order valence-electron chi connectivity index (χ3n) is 3.70. The average Bonchev–Trinajstić information content (AvgIpc) is 3.18. The highest BCUT2D eigenvalue weighted by atomic mass is 32.1. The van der Waals surface area contributed by atoms with Crippen LogP contribution in [-0.2, 0) is 4.84 Å². The second-order valence-electron chi connectivity index (χ2n) is 5.30. The molecule has 3 nitrogen and oxygen atoms in total. The van der Waals surface area contributed by atoms with Crippen LogP contribution in [0.25, 0.3) is 11.1 Å². The van der Waals surface area contributed by atoms with Gasteiger partial charge < -0.3 is 4.84 Å². The Morgan fingerprint density at radius 3 is 2.48 bits per heavy atom. The molecule has 2 aromatic carbocycles. The quantitative estimate of drug-likeness (QED) is 0.344. The Balaban J connectivity index is 1.78. The van der Waals surface area contributed by atoms with Gasteiger partial charge in [0.15, 0.2) is 0 Å². The van der Waals surface area contributed by atoms with Crippen molar-refractivity contribution >= 4 is 23.0 Å². The molecule has 0 radical (unpaired) electrons. The van der Waals surface area contributed by atoms with Crippen LogP contribution >= 0.6 is 11.3 Å². The number of oxime groups is 1. The first kappa shape index (κ1) is 17.0. The molecule has 0 N–H and O–H groups in total. The van der Waals surface area contributed by atoms with Crippen molar-refractivity contribution in [3.63, 3.8) is 0 Å². The van der Waals surface area contributed by atoms with E-state index in [2.05, 4.69) is 5.16 Å². The highest BCUT2D eigenvalue weighted by Gasteiger charge is 2.10. The molecule has 0 aliphatic rings. The van der Waals surface area contributed by atoms with E-state index in [9.17, 15) is 9.18 Å². The van der Waals surface area contributed by atoms with Crippen LogP contribution in [0.5, 0.6) is 0 Å². The Hall–Kier alpha value is -2.79. The van der Waals surface area contributed by atoms with Gasteiger partial charge in [0.25, 0.3) is 0 Å². The largest absolute Gasteiger partial charge is 0.375 e. The molecule has 0 amide bonds. The van der Waals surface area contributed by atoms with Crippen molar-refractivity contribution in [3.05, 3.63) is 82.3 Å². The molecule has 0 saturated heterocycles. The number of halogens is 1. The average molecular weight is 353 g/mol. The smallest absolute Gasteiger partial charge is 0.312 e. The molecule has 0 fully saturated rings. The Bertz CT molecular complexity index is 886. The standard InChI is InChI=1S/C20H16FNO2S/c1-2-18(22-24-20(23)19-8-5-13-25-19)15-11-9-14(10-12-15)16-6-3-4-7-17(16)21/h3-13H,2H2,1H3/b22-18-. The first-order chi connectivity index (χ1) is 12.2. The van der Waals surface area contributed by atoms with Gasteiger partial charge >= 0.3 is 5.97 Å². The fourth-order valence-electron chi connectivity index (χ4n) is 2.40. The van der Waals surface area contributed by atoms with Gasteiger partial charge in [0.05, 0.1) is 5.71 Å². The Morgan fingerprint density at radius 1 is 1.08 bits per heavy atom. The van der Waals surface area contributed by atoms with E-state index in [4.69, 9.17) is 4.84 Å². The maximum atomic E-state index is 13.9. The monoisotopic (exact) mass is 353 g/mol. The number of nitrogens with zero attached hydrogens (tertiary/aromatic N) is 1. The normalized spacial score (nSPS) is 11.4. The van der Waals surface area contributed by atoms with Crippen molar-refractivity contribution in [2.45, 2.75) is 13.3 Å². The highest BCUT2D eigenvalue weighted by Crippen LogP contribution is 2.23. The van der Waals surface area contributed by atoms with Gasteiger partial charge in [0.1, 0.15) is 10.7 Å². The van der Waals surface area contributed by atoms with Crippen LogP contribution in [0.1, 0.15) is 28.6 Å². The molecule has 126 valence electrons. The van der Waals surface area contributed by atoms with Gasteiger partial charge in [-0.3, -0.25) is 0 Å². The first-order valence-electron chi connectivity index (χ1n) is 7.86. The first-order valence-corrected chi connectivity index (χ1v) is 8.74. The molecule has 1 aromatic heterocycles. The Labute approximate surface area is 149 Å². The predicted molar refractivity (Wildman–Crippen MR) is 98.4 cm³/mol. The van der Waals surface area contributed by atoms with Gasteiger partial charge in [-0.15, -0.1) is 11.3 Å². The van der Waals surface area contributed by atoms with E-state index in [1.165, 1.54) is 17.4 Å². The molecule has 25 heavy (non-hydrogen) atoms. The molecule has 0 aliphatic heterocycles. The van der Waals surface area contributed by atoms with E-state index >= 15 is 0 Å². The summed E-state index contributed by atoms with van der Waals surface area (Å²) >= 11 is 1.31. The van der Waals surface area contributed by atoms with Crippen LogP contribution in [-0.4, -0.2) is 11.7 Å². The molecule has 3 aromatic rings. The lowest BCUT2D eigenvalue weighted by Crippen LogP contribution is -2.04. The van der Waals surface area contributed by atoms with Crippen molar-refractivity contribution in [1.82, 2.24) is 0 Å². The number of carbonyl (C=O) groups is 1. The number of carbonyl (C=O) groups excluding carboxylic acids is 1. The number of benzene rings is 2. The van der Waals surface area contributed by atoms with Gasteiger partial charge in [0.2, 0.25) is 0 Å². The molecular formula is C20H16FNO2S. The van der Waals surface area contributed by atoms with Gasteiger partial charge in [-0.2, -0.15) is 0 Å². The molecule has 0 atom stereocenters. The number of hydrogen-bond acceptors (Lipinski definition) is 4. The third kappa shape index (κ3) is 4.00. The summed E-state index contributed by atoms with van der Waals surface area (Å²) in [5.41, 5.74) is 2.83. The van der Waals surface area contributed by atoms with Crippen LogP contribution in [0.2, 0.25) is 0 Å². The summed E-state index contributed by atoms with van der Waals surface area (Å²) in [5, 5.41) is 5.80. The van der Waals surface area contributed by atoms with E-state index in [-0.39, 0.29) is 5.82 Å². The molecule has 0 saturated carbocycles. The number of hydrogen-bond donors (Lipinski definition) is 0. The highest BCUT2D eigenvalue weighted by molar-refractivity contribution is 7.11. The minimum Gasteiger partial charge on any atom is -0.312 e. The molecule has 1 heterocycles. The second kappa shape index (κ2) is 7.85. The Kier molecular flexibility index (Phi) is 5.36. The van der Waals surface area contributed by atoms with Crippen molar-refractivity contribution in [1.29, 1.82) is 0 Å². The number of thiophene rings is 1. The Morgan fingerprint density at radius 2 is 1.84 bits per heavy atom. The topological polar surface area (TPSA) is 38.7 Å². The molecule has 0 spiro atoms. The van der Waals surface area contributed by atoms with E-state index in [1.807, 2.05) is 36.6 Å². The van der Waals surface area contributed by atoms with Gasteiger partial charge in [0, 0.05) is 5.56 Å². The predicted octanol–water partition coefficient (Wildman–Crippen LogP) is 5.53. The fourth-order valence-corrected chi connectivity index (χ4v) is 2.99. The van der Waals surface area contributed by atoms with Gasteiger partial charge in [-0.1, -0.05) is 60.6 Å². The zero-order chi connectivity index (χ0) is 17.6. The van der Waals surface area contributed by atoms with Crippen LogP contribution in [0, 0.1) is 5.82 Å². The lowest BCUT2D eigenvalue weighted by atomic mass is 10.0. The maximum absolute atomic E-state index is 13.9. The number of rotatable bonds is 5. The van der Waals surface area contributed by atoms with Crippen LogP contribution in [0.4, 0.5) is 4.39 Å². The fraction of sp³-hybridized carbons (Fsp3) is 0.100. The molecule has 0 aliphatic carbocycles. The van der Waals surface area contributed by atoms with Crippen molar-refractivity contribution < 1.29 is 14.0 Å². The minimum absolute atomic E-state index is 0.260. The summed E-state index contributed by atoms with van der Waals surface area (Å²) in [7, 11) is 0. The van der Waals surface area contributed by atoms with Crippen LogP contribution in [0.15, 0.2) is 71.2 Å². The van der Waals surface area contributed by atoms with E-state index in [0.717, 1.165) is 11.1 Å². The van der Waals surface area contributed by atoms with Crippen molar-refractivity contribution in [2.24, 2.45) is 5.16 Å². The summed E-state index contributed by atoms with van der Waals surface area (Å²) < 4.78 is 13.9. The minimum atomic E-state index is -0.469. The van der Waals surface area contributed by atoms with Crippen LogP contribution in [0.3, 0.4) is 0 Å². The summed E-state index contributed by atoms with van der Waals surface area (Å²) in [6.45, 7) is 1.93. The van der Waals surface area contributed by atoms with Crippen molar-refractivity contribution in [3.8, 4) is 11.1 Å². The molecule has 5 heteroatoms. The SMILES string of the molecule is CC/C(=N/OC(=O)c1cccs1)c1ccc(-c2ccccc2F)cc1. The van der Waals surface area contributed by atoms with Crippen LogP contribution < -0.4 is 0 Å². The van der Waals surface area contributed by atoms with E-state index < -0.39 is 5.97 Å². The lowest BCUT2D eigenvalue weighted by molar-refractivity contribution is 0.0521. The maximum Gasteiger partial charge on any atom is 0.375 e. The molecular weight excluding hydrogens is 337 g/mol. The van der Waals surface area contributed by atoms with E-state index in [1.54, 1.807) is 30.3 Å². The summed E-state index contributed by atoms with van der Waals surface area (Å²) in [6.07, 6.45) is 0.608. The summed E-state index contributed by atoms with van der Waals surface area (Å²) in [5.74, 6) is -0.728. The van der Waals surface area contributed by atoms with E-state index in [0.29, 0.717) is 22.6 Å². The van der Waals surface area contributed by atoms with Gasteiger partial charge in [-0.05, 0) is 35.1 Å². The molecule has 0 bridgehead atoms. The summed E-state index contributed by atoms with van der Waals surface area (Å²) in [6, 6.07) is 17.5. The third-order valence-corrected chi connectivity index (χ3v) is 4.55. The van der Waals surface area contributed by atoms with Gasteiger partial charge in [-0.25, -0.2) is 9.18 Å². The second-order valence-corrected chi connectivity index (χ2v) is 6.25. The molecule has 3 rings (SSSR count). The lowest BCUT2D eigenvalue weighted by Gasteiger charge is -2.07. The molecule has 0 unspecified atom stereocenters. The summed E-state index contributed by atoms with van der Waals surface area (Å²) in [4.78, 5) is 17.4.